The van der Waals surface area contributed by atoms with Gasteiger partial charge < -0.3 is 10.6 Å². The molecule has 2 atom stereocenters. The van der Waals surface area contributed by atoms with Crippen molar-refractivity contribution in [1.82, 2.24) is 5.32 Å². The third-order valence-electron chi connectivity index (χ3n) is 4.17. The molecule has 0 spiro atoms. The van der Waals surface area contributed by atoms with Crippen LogP contribution in [0.25, 0.3) is 0 Å². The first-order valence-corrected chi connectivity index (χ1v) is 7.49. The fraction of sp³-hybridized carbons (Fsp3) is 0.588. The van der Waals surface area contributed by atoms with E-state index in [0.29, 0.717) is 6.04 Å². The second-order valence-electron chi connectivity index (χ2n) is 6.79. The summed E-state index contributed by atoms with van der Waals surface area (Å²) in [5, 5.41) is 6.30. The maximum absolute atomic E-state index is 11.6. The van der Waals surface area contributed by atoms with E-state index in [9.17, 15) is 4.79 Å². The molecule has 2 rings (SSSR count). The Hall–Kier alpha value is -1.51. The number of nitrogens with one attached hydrogen (secondary N) is 2. The summed E-state index contributed by atoms with van der Waals surface area (Å²) in [4.78, 5) is 11.6. The second-order valence-corrected chi connectivity index (χ2v) is 6.79. The zero-order chi connectivity index (χ0) is 14.8. The predicted molar refractivity (Wildman–Crippen MR) is 84.0 cm³/mol. The summed E-state index contributed by atoms with van der Waals surface area (Å²) in [6.07, 6.45) is 2.98. The molecule has 0 bridgehead atoms. The van der Waals surface area contributed by atoms with Crippen LogP contribution in [0.3, 0.4) is 0 Å². The molecule has 110 valence electrons. The standard InChI is InChI=1S/C17H26N2O/c1-17(2,3)13-6-9-14(10-7-13)19-15-8-5-12(11-15)16(20)18-4/h6-7,9-10,12,15,19H,5,8,11H2,1-4H3,(H,18,20). The Bertz CT molecular complexity index is 459. The van der Waals surface area contributed by atoms with Crippen molar-refractivity contribution in [1.29, 1.82) is 0 Å². The topological polar surface area (TPSA) is 41.1 Å². The van der Waals surface area contributed by atoms with Crippen LogP contribution in [0.1, 0.15) is 45.6 Å². The van der Waals surface area contributed by atoms with Gasteiger partial charge >= 0.3 is 0 Å². The van der Waals surface area contributed by atoms with Crippen LogP contribution < -0.4 is 10.6 Å². The van der Waals surface area contributed by atoms with Gasteiger partial charge in [0.25, 0.3) is 0 Å². The van der Waals surface area contributed by atoms with Crippen molar-refractivity contribution in [2.75, 3.05) is 12.4 Å². The van der Waals surface area contributed by atoms with E-state index in [1.807, 2.05) is 0 Å². The van der Waals surface area contributed by atoms with Gasteiger partial charge in [0, 0.05) is 24.7 Å². The van der Waals surface area contributed by atoms with Gasteiger partial charge in [-0.3, -0.25) is 4.79 Å². The number of carbonyl (C=O) groups is 1. The van der Waals surface area contributed by atoms with E-state index in [-0.39, 0.29) is 17.2 Å². The lowest BCUT2D eigenvalue weighted by molar-refractivity contribution is -0.124. The van der Waals surface area contributed by atoms with Crippen LogP contribution in [0.4, 0.5) is 5.69 Å². The molecule has 1 fully saturated rings. The van der Waals surface area contributed by atoms with Gasteiger partial charge in [0.05, 0.1) is 0 Å². The first kappa shape index (κ1) is 14.9. The minimum Gasteiger partial charge on any atom is -0.382 e. The normalized spacial score (nSPS) is 22.6. The lowest BCUT2D eigenvalue weighted by Gasteiger charge is -2.20. The van der Waals surface area contributed by atoms with Gasteiger partial charge in [-0.15, -0.1) is 0 Å². The third-order valence-corrected chi connectivity index (χ3v) is 4.17. The number of rotatable bonds is 3. The fourth-order valence-electron chi connectivity index (χ4n) is 2.86. The van der Waals surface area contributed by atoms with Crippen molar-refractivity contribution < 1.29 is 4.79 Å². The fourth-order valence-corrected chi connectivity index (χ4v) is 2.86. The summed E-state index contributed by atoms with van der Waals surface area (Å²) in [5.41, 5.74) is 2.69. The van der Waals surface area contributed by atoms with Crippen LogP contribution in [0.2, 0.25) is 0 Å². The first-order valence-electron chi connectivity index (χ1n) is 7.49. The zero-order valence-corrected chi connectivity index (χ0v) is 13.0. The molecule has 3 heteroatoms. The molecule has 1 aliphatic rings. The minimum atomic E-state index is 0.173. The summed E-state index contributed by atoms with van der Waals surface area (Å²) in [7, 11) is 1.72. The molecule has 0 heterocycles. The highest BCUT2D eigenvalue weighted by Crippen LogP contribution is 2.29. The number of hydrogen-bond donors (Lipinski definition) is 2. The molecule has 1 amide bonds. The van der Waals surface area contributed by atoms with E-state index in [1.54, 1.807) is 7.05 Å². The molecule has 0 saturated heterocycles. The highest BCUT2D eigenvalue weighted by molar-refractivity contribution is 5.78. The van der Waals surface area contributed by atoms with Gasteiger partial charge in [-0.1, -0.05) is 32.9 Å². The Kier molecular flexibility index (Phi) is 4.36. The summed E-state index contributed by atoms with van der Waals surface area (Å²) in [6.45, 7) is 6.67. The average molecular weight is 274 g/mol. The molecule has 0 radical (unpaired) electrons. The van der Waals surface area contributed by atoms with E-state index in [1.165, 1.54) is 5.56 Å². The van der Waals surface area contributed by atoms with E-state index >= 15 is 0 Å². The Morgan fingerprint density at radius 3 is 2.35 bits per heavy atom. The number of carbonyl (C=O) groups excluding carboxylic acids is 1. The molecule has 2 N–H and O–H groups in total. The summed E-state index contributed by atoms with van der Waals surface area (Å²) in [5.74, 6) is 0.351. The lowest BCUT2D eigenvalue weighted by Crippen LogP contribution is -2.26. The molecular weight excluding hydrogens is 248 g/mol. The molecule has 20 heavy (non-hydrogen) atoms. The Morgan fingerprint density at radius 1 is 1.15 bits per heavy atom. The molecule has 1 aromatic rings. The number of anilines is 1. The third kappa shape index (κ3) is 3.53. The molecule has 1 aromatic carbocycles. The summed E-state index contributed by atoms with van der Waals surface area (Å²) in [6, 6.07) is 9.08. The summed E-state index contributed by atoms with van der Waals surface area (Å²) >= 11 is 0. The molecule has 3 nitrogen and oxygen atoms in total. The van der Waals surface area contributed by atoms with Gasteiger partial charge in [-0.2, -0.15) is 0 Å². The number of benzene rings is 1. The van der Waals surface area contributed by atoms with E-state index in [2.05, 4.69) is 55.7 Å². The van der Waals surface area contributed by atoms with Crippen LogP contribution in [-0.2, 0) is 10.2 Å². The Morgan fingerprint density at radius 2 is 1.80 bits per heavy atom. The van der Waals surface area contributed by atoms with E-state index < -0.39 is 0 Å². The van der Waals surface area contributed by atoms with Crippen LogP contribution in [0, 0.1) is 5.92 Å². The van der Waals surface area contributed by atoms with Crippen molar-refractivity contribution >= 4 is 11.6 Å². The molecule has 1 saturated carbocycles. The lowest BCUT2D eigenvalue weighted by atomic mass is 9.87. The minimum absolute atomic E-state index is 0.173. The Balaban J connectivity index is 1.93. The smallest absolute Gasteiger partial charge is 0.222 e. The zero-order valence-electron chi connectivity index (χ0n) is 13.0. The number of hydrogen-bond acceptors (Lipinski definition) is 2. The molecule has 1 aliphatic carbocycles. The quantitative estimate of drug-likeness (QED) is 0.888. The monoisotopic (exact) mass is 274 g/mol. The van der Waals surface area contributed by atoms with Crippen LogP contribution in [0.15, 0.2) is 24.3 Å². The highest BCUT2D eigenvalue weighted by Gasteiger charge is 2.29. The van der Waals surface area contributed by atoms with Gasteiger partial charge in [-0.05, 0) is 42.4 Å². The van der Waals surface area contributed by atoms with Gasteiger partial charge in [0.15, 0.2) is 0 Å². The first-order chi connectivity index (χ1) is 9.40. The Labute approximate surface area is 122 Å². The highest BCUT2D eigenvalue weighted by atomic mass is 16.1. The van der Waals surface area contributed by atoms with Gasteiger partial charge in [-0.25, -0.2) is 0 Å². The van der Waals surface area contributed by atoms with Crippen molar-refractivity contribution in [3.63, 3.8) is 0 Å². The molecule has 2 unspecified atom stereocenters. The predicted octanol–water partition coefficient (Wildman–Crippen LogP) is 3.31. The van der Waals surface area contributed by atoms with Crippen LogP contribution in [-0.4, -0.2) is 19.0 Å². The van der Waals surface area contributed by atoms with Crippen molar-refractivity contribution in [3.8, 4) is 0 Å². The van der Waals surface area contributed by atoms with E-state index in [4.69, 9.17) is 0 Å². The van der Waals surface area contributed by atoms with E-state index in [0.717, 1.165) is 24.9 Å². The maximum atomic E-state index is 11.6. The van der Waals surface area contributed by atoms with Crippen LogP contribution >= 0.6 is 0 Å². The van der Waals surface area contributed by atoms with Gasteiger partial charge in [0.2, 0.25) is 5.91 Å². The van der Waals surface area contributed by atoms with Crippen molar-refractivity contribution in [2.45, 2.75) is 51.5 Å². The van der Waals surface area contributed by atoms with Gasteiger partial charge in [0.1, 0.15) is 0 Å². The maximum Gasteiger partial charge on any atom is 0.222 e. The number of amides is 1. The van der Waals surface area contributed by atoms with Crippen molar-refractivity contribution in [3.05, 3.63) is 29.8 Å². The molecule has 0 aromatic heterocycles. The summed E-state index contributed by atoms with van der Waals surface area (Å²) < 4.78 is 0. The average Bonchev–Trinajstić information content (AvgIpc) is 2.86. The molecular formula is C17H26N2O. The SMILES string of the molecule is CNC(=O)C1CCC(Nc2ccc(C(C)(C)C)cc2)C1. The largest absolute Gasteiger partial charge is 0.382 e. The molecule has 0 aliphatic heterocycles. The second kappa shape index (κ2) is 5.86. The van der Waals surface area contributed by atoms with Crippen LogP contribution in [0.5, 0.6) is 0 Å². The van der Waals surface area contributed by atoms with Crippen molar-refractivity contribution in [2.24, 2.45) is 5.92 Å².